The summed E-state index contributed by atoms with van der Waals surface area (Å²) in [6.07, 6.45) is 0. The van der Waals surface area contributed by atoms with E-state index in [4.69, 9.17) is 4.42 Å². The lowest BCUT2D eigenvalue weighted by Gasteiger charge is -2.05. The summed E-state index contributed by atoms with van der Waals surface area (Å²) in [7, 11) is 0. The van der Waals surface area contributed by atoms with Crippen molar-refractivity contribution in [2.45, 2.75) is 13.5 Å². The standard InChI is InChI=1S/C14H11NO3S/c1-9-8-19-12-11(9)13(16)18-14(17)15(12)7-10-5-3-2-4-6-10/h2-6,8H,7H2,1H3. The lowest BCUT2D eigenvalue weighted by Crippen LogP contribution is -2.24. The smallest absolute Gasteiger partial charge is 0.372 e. The number of aromatic nitrogens is 1. The average Bonchev–Trinajstić information content (AvgIpc) is 2.78. The average molecular weight is 273 g/mol. The molecule has 0 radical (unpaired) electrons. The van der Waals surface area contributed by atoms with Gasteiger partial charge in [-0.25, -0.2) is 9.59 Å². The third kappa shape index (κ3) is 2.02. The molecule has 19 heavy (non-hydrogen) atoms. The van der Waals surface area contributed by atoms with Crippen LogP contribution < -0.4 is 11.4 Å². The molecule has 0 fully saturated rings. The van der Waals surface area contributed by atoms with E-state index in [2.05, 4.69) is 0 Å². The summed E-state index contributed by atoms with van der Waals surface area (Å²) in [4.78, 5) is 24.3. The summed E-state index contributed by atoms with van der Waals surface area (Å²) in [5.41, 5.74) is 1.28. The van der Waals surface area contributed by atoms with E-state index < -0.39 is 11.4 Å². The van der Waals surface area contributed by atoms with Crippen LogP contribution in [0.4, 0.5) is 0 Å². The minimum atomic E-state index is -0.608. The first-order valence-corrected chi connectivity index (χ1v) is 6.70. The van der Waals surface area contributed by atoms with Gasteiger partial charge in [-0.05, 0) is 23.4 Å². The van der Waals surface area contributed by atoms with Crippen molar-refractivity contribution in [2.75, 3.05) is 0 Å². The van der Waals surface area contributed by atoms with E-state index in [-0.39, 0.29) is 0 Å². The molecule has 1 aromatic carbocycles. The van der Waals surface area contributed by atoms with E-state index >= 15 is 0 Å². The lowest BCUT2D eigenvalue weighted by atomic mass is 10.2. The van der Waals surface area contributed by atoms with Crippen LogP contribution in [-0.4, -0.2) is 4.57 Å². The lowest BCUT2D eigenvalue weighted by molar-refractivity contribution is 0.426. The number of fused-ring (bicyclic) bond motifs is 1. The molecule has 0 bridgehead atoms. The van der Waals surface area contributed by atoms with Gasteiger partial charge < -0.3 is 4.42 Å². The predicted molar refractivity (Wildman–Crippen MR) is 74.9 cm³/mol. The fourth-order valence-electron chi connectivity index (χ4n) is 2.05. The molecule has 0 unspecified atom stereocenters. The fraction of sp³-hybridized carbons (Fsp3) is 0.143. The molecular formula is C14H11NO3S. The van der Waals surface area contributed by atoms with Crippen LogP contribution in [0.5, 0.6) is 0 Å². The van der Waals surface area contributed by atoms with Crippen molar-refractivity contribution in [3.63, 3.8) is 0 Å². The third-order valence-electron chi connectivity index (χ3n) is 2.99. The van der Waals surface area contributed by atoms with Gasteiger partial charge in [-0.1, -0.05) is 30.3 Å². The molecule has 5 heteroatoms. The molecule has 0 saturated carbocycles. The summed E-state index contributed by atoms with van der Waals surface area (Å²) < 4.78 is 6.30. The summed E-state index contributed by atoms with van der Waals surface area (Å²) in [5, 5.41) is 2.36. The van der Waals surface area contributed by atoms with Crippen LogP contribution >= 0.6 is 11.3 Å². The highest BCUT2D eigenvalue weighted by Crippen LogP contribution is 2.21. The van der Waals surface area contributed by atoms with Gasteiger partial charge in [0, 0.05) is 0 Å². The number of nitrogens with zero attached hydrogens (tertiary/aromatic N) is 1. The first-order valence-electron chi connectivity index (χ1n) is 5.82. The van der Waals surface area contributed by atoms with Crippen LogP contribution in [0.2, 0.25) is 0 Å². The Kier molecular flexibility index (Phi) is 2.83. The Morgan fingerprint density at radius 2 is 1.95 bits per heavy atom. The Labute approximate surface area is 112 Å². The Morgan fingerprint density at radius 3 is 2.68 bits per heavy atom. The van der Waals surface area contributed by atoms with Crippen LogP contribution in [0.15, 0.2) is 49.7 Å². The summed E-state index contributed by atoms with van der Waals surface area (Å²) >= 11 is 1.39. The Hall–Kier alpha value is -2.14. The second-order valence-corrected chi connectivity index (χ2v) is 5.18. The quantitative estimate of drug-likeness (QED) is 0.720. The minimum absolute atomic E-state index is 0.403. The largest absolute Gasteiger partial charge is 0.423 e. The van der Waals surface area contributed by atoms with E-state index in [0.717, 1.165) is 11.1 Å². The van der Waals surface area contributed by atoms with Crippen molar-refractivity contribution in [2.24, 2.45) is 0 Å². The molecule has 0 N–H and O–H groups in total. The summed E-state index contributed by atoms with van der Waals surface area (Å²) in [5.74, 6) is -0.608. The molecule has 0 atom stereocenters. The Balaban J connectivity index is 2.24. The van der Waals surface area contributed by atoms with Gasteiger partial charge in [-0.3, -0.25) is 4.57 Å². The summed E-state index contributed by atoms with van der Waals surface area (Å²) in [6, 6.07) is 9.61. The molecule has 3 rings (SSSR count). The Bertz CT molecular complexity index is 842. The molecule has 3 aromatic rings. The van der Waals surface area contributed by atoms with Gasteiger partial charge in [0.15, 0.2) is 0 Å². The number of rotatable bonds is 2. The zero-order valence-electron chi connectivity index (χ0n) is 10.3. The highest BCUT2D eigenvalue weighted by atomic mass is 32.1. The maximum atomic E-state index is 11.9. The molecule has 0 saturated heterocycles. The SMILES string of the molecule is Cc1csc2c1c(=O)oc(=O)n2Cc1ccccc1. The van der Waals surface area contributed by atoms with E-state index in [0.29, 0.717) is 16.8 Å². The van der Waals surface area contributed by atoms with Crippen molar-refractivity contribution in [3.8, 4) is 0 Å². The van der Waals surface area contributed by atoms with Crippen molar-refractivity contribution in [1.29, 1.82) is 0 Å². The van der Waals surface area contributed by atoms with Gasteiger partial charge in [0.25, 0.3) is 0 Å². The van der Waals surface area contributed by atoms with Crippen molar-refractivity contribution in [3.05, 3.63) is 67.8 Å². The van der Waals surface area contributed by atoms with Crippen LogP contribution in [0.25, 0.3) is 10.2 Å². The minimum Gasteiger partial charge on any atom is -0.372 e. The third-order valence-corrected chi connectivity index (χ3v) is 4.11. The highest BCUT2D eigenvalue weighted by molar-refractivity contribution is 7.17. The maximum absolute atomic E-state index is 11.9. The summed E-state index contributed by atoms with van der Waals surface area (Å²) in [6.45, 7) is 2.24. The number of hydrogen-bond donors (Lipinski definition) is 0. The van der Waals surface area contributed by atoms with E-state index in [1.54, 1.807) is 0 Å². The van der Waals surface area contributed by atoms with Crippen molar-refractivity contribution >= 4 is 21.6 Å². The van der Waals surface area contributed by atoms with Gasteiger partial charge in [0.05, 0.1) is 11.9 Å². The molecular weight excluding hydrogens is 262 g/mol. The molecule has 2 aromatic heterocycles. The number of hydrogen-bond acceptors (Lipinski definition) is 4. The molecule has 0 spiro atoms. The van der Waals surface area contributed by atoms with E-state index in [1.807, 2.05) is 42.6 Å². The fourth-order valence-corrected chi connectivity index (χ4v) is 3.08. The number of aryl methyl sites for hydroxylation is 1. The zero-order chi connectivity index (χ0) is 13.4. The molecule has 0 aliphatic heterocycles. The second-order valence-electron chi connectivity index (χ2n) is 4.33. The molecule has 0 aliphatic carbocycles. The Morgan fingerprint density at radius 1 is 1.21 bits per heavy atom. The van der Waals surface area contributed by atoms with Crippen molar-refractivity contribution in [1.82, 2.24) is 4.57 Å². The first kappa shape index (κ1) is 11.9. The van der Waals surface area contributed by atoms with Crippen molar-refractivity contribution < 1.29 is 4.42 Å². The molecule has 0 aliphatic rings. The normalized spacial score (nSPS) is 11.0. The van der Waals surface area contributed by atoms with Gasteiger partial charge in [-0.2, -0.15) is 0 Å². The topological polar surface area (TPSA) is 52.2 Å². The van der Waals surface area contributed by atoms with Crippen LogP contribution in [0.3, 0.4) is 0 Å². The molecule has 0 amide bonds. The number of benzene rings is 1. The maximum Gasteiger partial charge on any atom is 0.423 e. The predicted octanol–water partition coefficient (Wildman–Crippen LogP) is 2.37. The highest BCUT2D eigenvalue weighted by Gasteiger charge is 2.13. The zero-order valence-corrected chi connectivity index (χ0v) is 11.1. The molecule has 2 heterocycles. The molecule has 4 nitrogen and oxygen atoms in total. The van der Waals surface area contributed by atoms with Crippen LogP contribution in [0, 0.1) is 6.92 Å². The second kappa shape index (κ2) is 4.51. The van der Waals surface area contributed by atoms with Gasteiger partial charge in [0.2, 0.25) is 0 Å². The van der Waals surface area contributed by atoms with Crippen LogP contribution in [0.1, 0.15) is 11.1 Å². The van der Waals surface area contributed by atoms with Gasteiger partial charge >= 0.3 is 11.4 Å². The van der Waals surface area contributed by atoms with Gasteiger partial charge in [-0.15, -0.1) is 11.3 Å². The van der Waals surface area contributed by atoms with Gasteiger partial charge in [0.1, 0.15) is 4.83 Å². The first-order chi connectivity index (χ1) is 9.16. The van der Waals surface area contributed by atoms with E-state index in [9.17, 15) is 9.59 Å². The monoisotopic (exact) mass is 273 g/mol. The number of thiophene rings is 1. The van der Waals surface area contributed by atoms with E-state index in [1.165, 1.54) is 15.9 Å². The molecule has 96 valence electrons. The van der Waals surface area contributed by atoms with Crippen LogP contribution in [-0.2, 0) is 6.54 Å².